The van der Waals surface area contributed by atoms with E-state index in [0.29, 0.717) is 28.8 Å². The first-order valence-electron chi connectivity index (χ1n) is 7.47. The molecule has 0 aromatic heterocycles. The Kier molecular flexibility index (Phi) is 4.55. The lowest BCUT2D eigenvalue weighted by Crippen LogP contribution is -2.50. The number of thioether (sulfide) groups is 1. The lowest BCUT2D eigenvalue weighted by Gasteiger charge is -2.32. The van der Waals surface area contributed by atoms with Gasteiger partial charge in [-0.05, 0) is 31.0 Å². The Bertz CT molecular complexity index is 669. The molecule has 0 aliphatic carbocycles. The molecule has 2 aliphatic heterocycles. The molecule has 2 aliphatic rings. The Morgan fingerprint density at radius 2 is 2.22 bits per heavy atom. The summed E-state index contributed by atoms with van der Waals surface area (Å²) >= 11 is 13.8. The number of hydrogen-bond donors (Lipinski definition) is 0. The van der Waals surface area contributed by atoms with Crippen LogP contribution in [0.4, 0.5) is 0 Å². The third-order valence-electron chi connectivity index (χ3n) is 4.53. The van der Waals surface area contributed by atoms with Crippen molar-refractivity contribution >= 4 is 46.8 Å². The van der Waals surface area contributed by atoms with E-state index >= 15 is 0 Å². The monoisotopic (exact) mass is 372 g/mol. The van der Waals surface area contributed by atoms with Gasteiger partial charge in [0, 0.05) is 35.8 Å². The van der Waals surface area contributed by atoms with Gasteiger partial charge in [0.2, 0.25) is 11.8 Å². The Hall–Kier alpha value is -0.910. The van der Waals surface area contributed by atoms with Crippen molar-refractivity contribution in [1.82, 2.24) is 9.80 Å². The molecule has 3 rings (SSSR count). The van der Waals surface area contributed by atoms with Gasteiger partial charge in [-0.3, -0.25) is 9.59 Å². The zero-order chi connectivity index (χ0) is 16.8. The van der Waals surface area contributed by atoms with Gasteiger partial charge in [0.25, 0.3) is 0 Å². The molecule has 1 aromatic rings. The Balaban J connectivity index is 1.74. The summed E-state index contributed by atoms with van der Waals surface area (Å²) in [6.45, 7) is 2.45. The van der Waals surface area contributed by atoms with E-state index in [1.54, 1.807) is 40.7 Å². The van der Waals surface area contributed by atoms with Crippen molar-refractivity contribution in [1.29, 1.82) is 0 Å². The lowest BCUT2D eigenvalue weighted by molar-refractivity contribution is -0.143. The molecule has 23 heavy (non-hydrogen) atoms. The fourth-order valence-corrected chi connectivity index (χ4v) is 5.13. The highest BCUT2D eigenvalue weighted by atomic mass is 35.5. The van der Waals surface area contributed by atoms with Crippen LogP contribution in [-0.2, 0) is 16.1 Å². The number of rotatable bonds is 3. The molecule has 0 saturated carbocycles. The van der Waals surface area contributed by atoms with Crippen LogP contribution < -0.4 is 0 Å². The minimum atomic E-state index is -0.379. The van der Waals surface area contributed by atoms with Crippen molar-refractivity contribution < 1.29 is 9.59 Å². The normalized spacial score (nSPS) is 26.5. The number of nitrogens with zero attached hydrogens (tertiary/aromatic N) is 2. The first-order valence-corrected chi connectivity index (χ1v) is 9.21. The molecule has 7 heteroatoms. The molecule has 0 radical (unpaired) electrons. The molecular formula is C16H18Cl2N2O2S. The van der Waals surface area contributed by atoms with Crippen LogP contribution in [0.1, 0.15) is 25.3 Å². The molecule has 2 fully saturated rings. The standard InChI is InChI=1S/C16H18Cl2N2O2S/c1-16-6-5-14(21)20(16)13(9-23-16)15(22)19(2)8-10-3-4-11(17)7-12(10)18/h3-4,7,13H,5-6,8-9H2,1-2H3/t13-,16+/m1/s1. The second-order valence-corrected chi connectivity index (χ2v) is 8.54. The van der Waals surface area contributed by atoms with Crippen LogP contribution in [0.3, 0.4) is 0 Å². The van der Waals surface area contributed by atoms with E-state index < -0.39 is 0 Å². The second kappa shape index (κ2) is 6.19. The number of carbonyl (C=O) groups excluding carboxylic acids is 2. The lowest BCUT2D eigenvalue weighted by atomic mass is 10.1. The molecule has 0 bridgehead atoms. The largest absolute Gasteiger partial charge is 0.340 e. The maximum atomic E-state index is 12.8. The minimum absolute atomic E-state index is 0.0394. The van der Waals surface area contributed by atoms with Crippen LogP contribution in [0.2, 0.25) is 10.0 Å². The maximum absolute atomic E-state index is 12.8. The van der Waals surface area contributed by atoms with Gasteiger partial charge < -0.3 is 9.80 Å². The highest BCUT2D eigenvalue weighted by molar-refractivity contribution is 8.01. The summed E-state index contributed by atoms with van der Waals surface area (Å²) in [5.41, 5.74) is 0.841. The highest BCUT2D eigenvalue weighted by Gasteiger charge is 2.53. The zero-order valence-corrected chi connectivity index (χ0v) is 15.3. The zero-order valence-electron chi connectivity index (χ0n) is 13.0. The summed E-state index contributed by atoms with van der Waals surface area (Å²) in [4.78, 5) is 28.2. The molecule has 0 spiro atoms. The summed E-state index contributed by atoms with van der Waals surface area (Å²) in [5, 5.41) is 1.11. The van der Waals surface area contributed by atoms with Crippen LogP contribution in [0.25, 0.3) is 0 Å². The van der Waals surface area contributed by atoms with Gasteiger partial charge >= 0.3 is 0 Å². The van der Waals surface area contributed by atoms with Gasteiger partial charge in [-0.1, -0.05) is 29.3 Å². The second-order valence-electron chi connectivity index (χ2n) is 6.20. The van der Waals surface area contributed by atoms with Crippen LogP contribution in [0, 0.1) is 0 Å². The number of halogens is 2. The van der Waals surface area contributed by atoms with Gasteiger partial charge in [-0.25, -0.2) is 0 Å². The van der Waals surface area contributed by atoms with Crippen LogP contribution in [-0.4, -0.2) is 45.3 Å². The molecular weight excluding hydrogens is 355 g/mol. The van der Waals surface area contributed by atoms with Crippen LogP contribution in [0.5, 0.6) is 0 Å². The van der Waals surface area contributed by atoms with E-state index in [9.17, 15) is 9.59 Å². The first-order chi connectivity index (χ1) is 10.8. The van der Waals surface area contributed by atoms with E-state index in [4.69, 9.17) is 23.2 Å². The summed E-state index contributed by atoms with van der Waals surface area (Å²) in [6, 6.07) is 4.87. The molecule has 2 atom stereocenters. The van der Waals surface area contributed by atoms with Crippen molar-refractivity contribution in [2.45, 2.75) is 37.2 Å². The summed E-state index contributed by atoms with van der Waals surface area (Å²) < 4.78 is 0. The van der Waals surface area contributed by atoms with Crippen LogP contribution in [0.15, 0.2) is 18.2 Å². The van der Waals surface area contributed by atoms with E-state index in [2.05, 4.69) is 0 Å². The van der Waals surface area contributed by atoms with E-state index in [1.165, 1.54) is 0 Å². The molecule has 124 valence electrons. The van der Waals surface area contributed by atoms with Crippen molar-refractivity contribution in [3.8, 4) is 0 Å². The Morgan fingerprint density at radius 3 is 2.91 bits per heavy atom. The minimum Gasteiger partial charge on any atom is -0.340 e. The average molecular weight is 373 g/mol. The molecule has 4 nitrogen and oxygen atoms in total. The third kappa shape index (κ3) is 3.06. The van der Waals surface area contributed by atoms with Gasteiger partial charge in [0.15, 0.2) is 0 Å². The number of carbonyl (C=O) groups is 2. The molecule has 2 saturated heterocycles. The van der Waals surface area contributed by atoms with Crippen LogP contribution >= 0.6 is 35.0 Å². The fraction of sp³-hybridized carbons (Fsp3) is 0.500. The molecule has 0 unspecified atom stereocenters. The summed E-state index contributed by atoms with van der Waals surface area (Å²) in [7, 11) is 1.74. The van der Waals surface area contributed by atoms with E-state index in [0.717, 1.165) is 12.0 Å². The van der Waals surface area contributed by atoms with Crippen molar-refractivity contribution in [3.63, 3.8) is 0 Å². The summed E-state index contributed by atoms with van der Waals surface area (Å²) in [5.74, 6) is 0.691. The Morgan fingerprint density at radius 1 is 1.48 bits per heavy atom. The third-order valence-corrected chi connectivity index (χ3v) is 6.62. The molecule has 2 amide bonds. The van der Waals surface area contributed by atoms with Crippen molar-refractivity contribution in [2.75, 3.05) is 12.8 Å². The number of amides is 2. The maximum Gasteiger partial charge on any atom is 0.246 e. The molecule has 2 heterocycles. The van der Waals surface area contributed by atoms with E-state index in [-0.39, 0.29) is 22.7 Å². The van der Waals surface area contributed by atoms with Gasteiger partial charge in [0.1, 0.15) is 6.04 Å². The smallest absolute Gasteiger partial charge is 0.246 e. The molecule has 0 N–H and O–H groups in total. The molecule has 1 aromatic carbocycles. The predicted molar refractivity (Wildman–Crippen MR) is 93.7 cm³/mol. The average Bonchev–Trinajstić information content (AvgIpc) is 2.98. The number of fused-ring (bicyclic) bond motifs is 1. The fourth-order valence-electron chi connectivity index (χ4n) is 3.24. The summed E-state index contributed by atoms with van der Waals surface area (Å²) in [6.07, 6.45) is 1.34. The highest BCUT2D eigenvalue weighted by Crippen LogP contribution is 2.47. The number of likely N-dealkylation sites (N-methyl/N-ethyl adjacent to an activating group) is 1. The quantitative estimate of drug-likeness (QED) is 0.816. The van der Waals surface area contributed by atoms with Crippen molar-refractivity contribution in [3.05, 3.63) is 33.8 Å². The van der Waals surface area contributed by atoms with Gasteiger partial charge in [-0.15, -0.1) is 11.8 Å². The topological polar surface area (TPSA) is 40.6 Å². The van der Waals surface area contributed by atoms with Gasteiger partial charge in [0.05, 0.1) is 4.87 Å². The van der Waals surface area contributed by atoms with Crippen molar-refractivity contribution in [2.24, 2.45) is 0 Å². The number of hydrogen-bond acceptors (Lipinski definition) is 3. The first kappa shape index (κ1) is 16.9. The van der Waals surface area contributed by atoms with Gasteiger partial charge in [-0.2, -0.15) is 0 Å². The predicted octanol–water partition coefficient (Wildman–Crippen LogP) is 3.41. The SMILES string of the molecule is CN(Cc1ccc(Cl)cc1Cl)C(=O)[C@H]1CS[C@@]2(C)CCC(=O)N12. The Labute approximate surface area is 150 Å². The number of benzene rings is 1. The van der Waals surface area contributed by atoms with E-state index in [1.807, 2.05) is 13.0 Å².